The maximum absolute atomic E-state index is 13.4. The van der Waals surface area contributed by atoms with E-state index in [0.717, 1.165) is 22.1 Å². The Balaban J connectivity index is 2.27. The van der Waals surface area contributed by atoms with E-state index in [1.165, 1.54) is 24.5 Å². The lowest BCUT2D eigenvalue weighted by molar-refractivity contribution is 0.387. The maximum atomic E-state index is 13.4. The molecule has 1 N–H and O–H groups in total. The van der Waals surface area contributed by atoms with E-state index in [-0.39, 0.29) is 17.6 Å². The smallest absolute Gasteiger partial charge is 0.165 e. The van der Waals surface area contributed by atoms with Gasteiger partial charge < -0.3 is 10.1 Å². The Bertz CT molecular complexity index is 559. The molecule has 2 aromatic rings. The van der Waals surface area contributed by atoms with Gasteiger partial charge in [0, 0.05) is 5.56 Å². The molecular weight excluding hydrogens is 265 g/mol. The molecular formula is C13H16FN3OS. The third-order valence-electron chi connectivity index (χ3n) is 2.72. The number of nitrogens with zero attached hydrogens (tertiary/aromatic N) is 2. The van der Waals surface area contributed by atoms with Gasteiger partial charge in [0.25, 0.3) is 0 Å². The predicted octanol–water partition coefficient (Wildman–Crippen LogP) is 3.02. The summed E-state index contributed by atoms with van der Waals surface area (Å²) in [5.41, 5.74) is 0.811. The summed E-state index contributed by atoms with van der Waals surface area (Å²) in [6.07, 6.45) is 0. The van der Waals surface area contributed by atoms with Gasteiger partial charge in [-0.15, -0.1) is 10.2 Å². The fourth-order valence-corrected chi connectivity index (χ4v) is 2.58. The van der Waals surface area contributed by atoms with E-state index >= 15 is 0 Å². The predicted molar refractivity (Wildman–Crippen MR) is 73.9 cm³/mol. The summed E-state index contributed by atoms with van der Waals surface area (Å²) in [5.74, 6) is -0.161. The molecule has 0 aliphatic heterocycles. The molecule has 1 atom stereocenters. The first kappa shape index (κ1) is 13.9. The molecule has 0 bridgehead atoms. The summed E-state index contributed by atoms with van der Waals surface area (Å²) in [4.78, 5) is 0. The van der Waals surface area contributed by atoms with Crippen LogP contribution in [-0.4, -0.2) is 23.9 Å². The number of benzene rings is 1. The van der Waals surface area contributed by atoms with Crippen LogP contribution in [0.15, 0.2) is 18.2 Å². The van der Waals surface area contributed by atoms with Crippen molar-refractivity contribution in [1.29, 1.82) is 0 Å². The lowest BCUT2D eigenvalue weighted by Gasteiger charge is -2.06. The van der Waals surface area contributed by atoms with E-state index in [0.29, 0.717) is 0 Å². The molecule has 0 aliphatic carbocycles. The molecule has 0 fully saturated rings. The van der Waals surface area contributed by atoms with E-state index < -0.39 is 0 Å². The Kier molecular flexibility index (Phi) is 4.44. The summed E-state index contributed by atoms with van der Waals surface area (Å²) in [6.45, 7) is 4.96. The van der Waals surface area contributed by atoms with Gasteiger partial charge in [0.2, 0.25) is 0 Å². The second kappa shape index (κ2) is 6.08. The Morgan fingerprint density at radius 1 is 1.42 bits per heavy atom. The van der Waals surface area contributed by atoms with E-state index in [1.54, 1.807) is 12.1 Å². The lowest BCUT2D eigenvalue weighted by Crippen LogP contribution is -2.17. The minimum Gasteiger partial charge on any atom is -0.494 e. The van der Waals surface area contributed by atoms with Crippen LogP contribution in [-0.2, 0) is 0 Å². The molecule has 2 rings (SSSR count). The number of halogens is 1. The Hall–Kier alpha value is -1.53. The van der Waals surface area contributed by atoms with Gasteiger partial charge >= 0.3 is 0 Å². The highest BCUT2D eigenvalue weighted by molar-refractivity contribution is 7.14. The zero-order chi connectivity index (χ0) is 13.8. The van der Waals surface area contributed by atoms with Crippen LogP contribution >= 0.6 is 11.3 Å². The van der Waals surface area contributed by atoms with Gasteiger partial charge in [-0.25, -0.2) is 4.39 Å². The van der Waals surface area contributed by atoms with E-state index in [1.807, 2.05) is 13.8 Å². The summed E-state index contributed by atoms with van der Waals surface area (Å²) in [6, 6.07) is 4.86. The van der Waals surface area contributed by atoms with Crippen molar-refractivity contribution in [2.75, 3.05) is 13.7 Å². The molecule has 0 aliphatic rings. The van der Waals surface area contributed by atoms with Crippen molar-refractivity contribution in [1.82, 2.24) is 15.5 Å². The van der Waals surface area contributed by atoms with Crippen molar-refractivity contribution in [2.45, 2.75) is 19.9 Å². The molecule has 6 heteroatoms. The number of nitrogens with one attached hydrogen (secondary N) is 1. The van der Waals surface area contributed by atoms with Crippen molar-refractivity contribution in [3.63, 3.8) is 0 Å². The first-order valence-electron chi connectivity index (χ1n) is 6.06. The summed E-state index contributed by atoms with van der Waals surface area (Å²) in [7, 11) is 1.45. The van der Waals surface area contributed by atoms with Crippen LogP contribution in [0.2, 0.25) is 0 Å². The van der Waals surface area contributed by atoms with E-state index in [4.69, 9.17) is 4.74 Å². The topological polar surface area (TPSA) is 47.0 Å². The van der Waals surface area contributed by atoms with Crippen LogP contribution in [0.25, 0.3) is 10.6 Å². The average Bonchev–Trinajstić information content (AvgIpc) is 2.89. The fourth-order valence-electron chi connectivity index (χ4n) is 1.71. The zero-order valence-corrected chi connectivity index (χ0v) is 11.9. The highest BCUT2D eigenvalue weighted by Crippen LogP contribution is 2.30. The van der Waals surface area contributed by atoms with Crippen LogP contribution in [0.5, 0.6) is 5.75 Å². The zero-order valence-electron chi connectivity index (χ0n) is 11.1. The summed E-state index contributed by atoms with van der Waals surface area (Å²) >= 11 is 1.50. The quantitative estimate of drug-likeness (QED) is 0.915. The number of hydrogen-bond donors (Lipinski definition) is 1. The van der Waals surface area contributed by atoms with E-state index in [2.05, 4.69) is 15.5 Å². The van der Waals surface area contributed by atoms with Crippen molar-refractivity contribution >= 4 is 11.3 Å². The van der Waals surface area contributed by atoms with Gasteiger partial charge in [0.1, 0.15) is 10.0 Å². The molecule has 0 saturated heterocycles. The Morgan fingerprint density at radius 2 is 2.21 bits per heavy atom. The second-order valence-electron chi connectivity index (χ2n) is 4.07. The van der Waals surface area contributed by atoms with E-state index in [9.17, 15) is 4.39 Å². The molecule has 1 aromatic heterocycles. The summed E-state index contributed by atoms with van der Waals surface area (Å²) in [5, 5.41) is 13.3. The summed E-state index contributed by atoms with van der Waals surface area (Å²) < 4.78 is 18.3. The van der Waals surface area contributed by atoms with Crippen molar-refractivity contribution in [2.24, 2.45) is 0 Å². The second-order valence-corrected chi connectivity index (χ2v) is 5.08. The van der Waals surface area contributed by atoms with Crippen LogP contribution in [0.3, 0.4) is 0 Å². The van der Waals surface area contributed by atoms with Crippen LogP contribution in [0.4, 0.5) is 4.39 Å². The third kappa shape index (κ3) is 3.08. The minimum absolute atomic E-state index is 0.165. The van der Waals surface area contributed by atoms with Crippen molar-refractivity contribution < 1.29 is 9.13 Å². The minimum atomic E-state index is -0.378. The highest BCUT2D eigenvalue weighted by atomic mass is 32.1. The fraction of sp³-hybridized carbons (Fsp3) is 0.385. The van der Waals surface area contributed by atoms with Gasteiger partial charge in [-0.05, 0) is 31.7 Å². The molecule has 19 heavy (non-hydrogen) atoms. The number of methoxy groups -OCH3 is 1. The number of hydrogen-bond acceptors (Lipinski definition) is 5. The molecule has 0 spiro atoms. The molecule has 4 nitrogen and oxygen atoms in total. The first-order chi connectivity index (χ1) is 9.15. The molecule has 1 heterocycles. The molecule has 1 aromatic carbocycles. The number of aromatic nitrogens is 2. The molecule has 0 amide bonds. The van der Waals surface area contributed by atoms with Gasteiger partial charge in [-0.2, -0.15) is 0 Å². The molecule has 0 radical (unpaired) electrons. The molecule has 102 valence electrons. The van der Waals surface area contributed by atoms with Gasteiger partial charge in [-0.3, -0.25) is 0 Å². The average molecular weight is 281 g/mol. The normalized spacial score (nSPS) is 12.4. The Labute approximate surface area is 115 Å². The number of rotatable bonds is 5. The van der Waals surface area contributed by atoms with Crippen molar-refractivity contribution in [3.8, 4) is 16.3 Å². The standard InChI is InChI=1S/C13H16FN3OS/c1-4-15-8(2)12-16-17-13(19-12)9-5-6-10(14)11(7-9)18-3/h5-8,15H,4H2,1-3H3. The molecule has 0 saturated carbocycles. The Morgan fingerprint density at radius 3 is 2.89 bits per heavy atom. The maximum Gasteiger partial charge on any atom is 0.165 e. The number of ether oxygens (including phenoxy) is 1. The van der Waals surface area contributed by atoms with Gasteiger partial charge in [-0.1, -0.05) is 18.3 Å². The van der Waals surface area contributed by atoms with Gasteiger partial charge in [0.05, 0.1) is 13.2 Å². The van der Waals surface area contributed by atoms with Crippen molar-refractivity contribution in [3.05, 3.63) is 29.0 Å². The largest absolute Gasteiger partial charge is 0.494 e. The third-order valence-corrected chi connectivity index (χ3v) is 3.87. The van der Waals surface area contributed by atoms with Gasteiger partial charge in [0.15, 0.2) is 11.6 Å². The van der Waals surface area contributed by atoms with Crippen LogP contribution in [0, 0.1) is 5.82 Å². The monoisotopic (exact) mass is 281 g/mol. The SMILES string of the molecule is CCNC(C)c1nnc(-c2ccc(F)c(OC)c2)s1. The molecule has 1 unspecified atom stereocenters. The van der Waals surface area contributed by atoms with Crippen LogP contribution < -0.4 is 10.1 Å². The lowest BCUT2D eigenvalue weighted by atomic mass is 10.2. The first-order valence-corrected chi connectivity index (χ1v) is 6.88. The van der Waals surface area contributed by atoms with Crippen LogP contribution in [0.1, 0.15) is 24.9 Å². The highest BCUT2D eigenvalue weighted by Gasteiger charge is 2.13.